The highest BCUT2D eigenvalue weighted by atomic mass is 35.5. The minimum Gasteiger partial charge on any atom is -0.296 e. The number of hydrogen-bond donors (Lipinski definition) is 0. The first kappa shape index (κ1) is 12.9. The smallest absolute Gasteiger partial charge is 0.151 e. The normalized spacial score (nSPS) is 10.9. The summed E-state index contributed by atoms with van der Waals surface area (Å²) in [4.78, 5) is 1.97. The van der Waals surface area contributed by atoms with Crippen LogP contribution < -0.4 is 0 Å². The molecule has 0 N–H and O–H groups in total. The average Bonchev–Trinajstić information content (AvgIpc) is 2.35. The number of rotatable bonds is 4. The van der Waals surface area contributed by atoms with Crippen LogP contribution in [0, 0.1) is 5.82 Å². The van der Waals surface area contributed by atoms with E-state index < -0.39 is 0 Å². The molecule has 0 atom stereocenters. The molecule has 0 spiro atoms. The molecule has 2 rings (SSSR count). The van der Waals surface area contributed by atoms with Crippen molar-refractivity contribution in [1.82, 2.24) is 15.1 Å². The van der Waals surface area contributed by atoms with E-state index in [9.17, 15) is 4.39 Å². The van der Waals surface area contributed by atoms with E-state index in [0.29, 0.717) is 23.8 Å². The Kier molecular flexibility index (Phi) is 4.23. The van der Waals surface area contributed by atoms with Crippen LogP contribution in [0.2, 0.25) is 5.15 Å². The van der Waals surface area contributed by atoms with Crippen LogP contribution in [0.1, 0.15) is 11.3 Å². The Morgan fingerprint density at radius 1 is 1.11 bits per heavy atom. The van der Waals surface area contributed by atoms with E-state index in [1.165, 1.54) is 6.07 Å². The molecule has 1 heterocycles. The molecule has 1 aromatic carbocycles. The van der Waals surface area contributed by atoms with E-state index in [1.807, 2.05) is 24.1 Å². The van der Waals surface area contributed by atoms with Gasteiger partial charge < -0.3 is 0 Å². The van der Waals surface area contributed by atoms with Crippen molar-refractivity contribution in [2.24, 2.45) is 0 Å². The summed E-state index contributed by atoms with van der Waals surface area (Å²) < 4.78 is 13.5. The summed E-state index contributed by atoms with van der Waals surface area (Å²) in [5.74, 6) is -0.188. The van der Waals surface area contributed by atoms with Crippen molar-refractivity contribution in [1.29, 1.82) is 0 Å². The van der Waals surface area contributed by atoms with Gasteiger partial charge in [0.15, 0.2) is 5.15 Å². The van der Waals surface area contributed by atoms with Gasteiger partial charge in [-0.1, -0.05) is 29.8 Å². The van der Waals surface area contributed by atoms with E-state index in [4.69, 9.17) is 11.6 Å². The Labute approximate surface area is 110 Å². The Bertz CT molecular complexity index is 516. The highest BCUT2D eigenvalue weighted by molar-refractivity contribution is 6.29. The third-order valence-corrected chi connectivity index (χ3v) is 2.72. The maximum absolute atomic E-state index is 13.5. The summed E-state index contributed by atoms with van der Waals surface area (Å²) in [5.41, 5.74) is 1.47. The van der Waals surface area contributed by atoms with Crippen molar-refractivity contribution in [2.45, 2.75) is 13.1 Å². The predicted molar refractivity (Wildman–Crippen MR) is 68.6 cm³/mol. The van der Waals surface area contributed by atoms with Gasteiger partial charge in [-0.15, -0.1) is 5.10 Å². The van der Waals surface area contributed by atoms with Gasteiger partial charge in [-0.25, -0.2) is 4.39 Å². The van der Waals surface area contributed by atoms with Crippen molar-refractivity contribution in [2.75, 3.05) is 7.05 Å². The maximum atomic E-state index is 13.5. The molecule has 0 saturated carbocycles. The highest BCUT2D eigenvalue weighted by Crippen LogP contribution is 2.11. The molecule has 2 aromatic rings. The van der Waals surface area contributed by atoms with Crippen molar-refractivity contribution in [3.8, 4) is 0 Å². The van der Waals surface area contributed by atoms with E-state index >= 15 is 0 Å². The Morgan fingerprint density at radius 3 is 2.56 bits per heavy atom. The summed E-state index contributed by atoms with van der Waals surface area (Å²) in [5, 5.41) is 8.11. The van der Waals surface area contributed by atoms with Crippen LogP contribution >= 0.6 is 11.6 Å². The van der Waals surface area contributed by atoms with E-state index in [0.717, 1.165) is 5.69 Å². The summed E-state index contributed by atoms with van der Waals surface area (Å²) in [6.45, 7) is 1.12. The molecule has 0 aliphatic carbocycles. The number of nitrogens with zero attached hydrogens (tertiary/aromatic N) is 3. The Hall–Kier alpha value is -1.52. The molecular formula is C13H13ClFN3. The third kappa shape index (κ3) is 3.48. The van der Waals surface area contributed by atoms with Gasteiger partial charge in [0, 0.05) is 18.7 Å². The first-order valence-electron chi connectivity index (χ1n) is 5.55. The number of halogens is 2. The first-order chi connectivity index (χ1) is 8.65. The van der Waals surface area contributed by atoms with Crippen LogP contribution in [-0.4, -0.2) is 22.1 Å². The molecule has 94 valence electrons. The van der Waals surface area contributed by atoms with Gasteiger partial charge in [0.05, 0.1) is 5.69 Å². The second-order valence-corrected chi connectivity index (χ2v) is 4.50. The van der Waals surface area contributed by atoms with Crippen LogP contribution in [0.15, 0.2) is 36.4 Å². The molecule has 1 aromatic heterocycles. The fourth-order valence-electron chi connectivity index (χ4n) is 1.68. The quantitative estimate of drug-likeness (QED) is 0.851. The number of hydrogen-bond acceptors (Lipinski definition) is 3. The molecule has 5 heteroatoms. The van der Waals surface area contributed by atoms with Gasteiger partial charge in [0.2, 0.25) is 0 Å². The van der Waals surface area contributed by atoms with Crippen molar-refractivity contribution in [3.63, 3.8) is 0 Å². The zero-order chi connectivity index (χ0) is 13.0. The van der Waals surface area contributed by atoms with Crippen LogP contribution in [0.4, 0.5) is 4.39 Å². The SMILES string of the molecule is CN(Cc1ccc(Cl)nn1)Cc1ccccc1F. The molecule has 0 radical (unpaired) electrons. The zero-order valence-corrected chi connectivity index (χ0v) is 10.7. The monoisotopic (exact) mass is 265 g/mol. The van der Waals surface area contributed by atoms with Crippen LogP contribution in [0.25, 0.3) is 0 Å². The zero-order valence-electron chi connectivity index (χ0n) is 9.98. The molecule has 0 aliphatic heterocycles. The second-order valence-electron chi connectivity index (χ2n) is 4.11. The molecule has 0 saturated heterocycles. The fraction of sp³-hybridized carbons (Fsp3) is 0.231. The fourth-order valence-corrected chi connectivity index (χ4v) is 1.78. The van der Waals surface area contributed by atoms with Crippen LogP contribution in [0.5, 0.6) is 0 Å². The second kappa shape index (κ2) is 5.89. The minimum absolute atomic E-state index is 0.188. The maximum Gasteiger partial charge on any atom is 0.151 e. The molecule has 0 fully saturated rings. The van der Waals surface area contributed by atoms with Gasteiger partial charge in [0.1, 0.15) is 5.82 Å². The number of benzene rings is 1. The Balaban J connectivity index is 1.99. The topological polar surface area (TPSA) is 29.0 Å². The molecule has 18 heavy (non-hydrogen) atoms. The van der Waals surface area contributed by atoms with E-state index in [1.54, 1.807) is 18.2 Å². The van der Waals surface area contributed by atoms with E-state index in [2.05, 4.69) is 10.2 Å². The van der Waals surface area contributed by atoms with Gasteiger partial charge in [0.25, 0.3) is 0 Å². The lowest BCUT2D eigenvalue weighted by Crippen LogP contribution is -2.18. The van der Waals surface area contributed by atoms with Crippen LogP contribution in [0.3, 0.4) is 0 Å². The first-order valence-corrected chi connectivity index (χ1v) is 5.93. The lowest BCUT2D eigenvalue weighted by Gasteiger charge is -2.16. The molecule has 0 bridgehead atoms. The summed E-state index contributed by atoms with van der Waals surface area (Å²) >= 11 is 5.66. The Morgan fingerprint density at radius 2 is 1.89 bits per heavy atom. The predicted octanol–water partition coefficient (Wildman–Crippen LogP) is 2.90. The standard InChI is InChI=1S/C13H13ClFN3/c1-18(8-10-4-2-3-5-12(10)15)9-11-6-7-13(14)17-16-11/h2-7H,8-9H2,1H3. The summed E-state index contributed by atoms with van der Waals surface area (Å²) in [6.07, 6.45) is 0. The molecule has 0 amide bonds. The molecule has 3 nitrogen and oxygen atoms in total. The molecular weight excluding hydrogens is 253 g/mol. The van der Waals surface area contributed by atoms with Crippen LogP contribution in [-0.2, 0) is 13.1 Å². The van der Waals surface area contributed by atoms with Gasteiger partial charge >= 0.3 is 0 Å². The lowest BCUT2D eigenvalue weighted by atomic mass is 10.2. The minimum atomic E-state index is -0.188. The van der Waals surface area contributed by atoms with Gasteiger partial charge in [-0.3, -0.25) is 4.90 Å². The highest BCUT2D eigenvalue weighted by Gasteiger charge is 2.06. The largest absolute Gasteiger partial charge is 0.296 e. The van der Waals surface area contributed by atoms with Gasteiger partial charge in [-0.2, -0.15) is 5.10 Å². The molecule has 0 unspecified atom stereocenters. The summed E-state index contributed by atoms with van der Waals surface area (Å²) in [6, 6.07) is 10.3. The third-order valence-electron chi connectivity index (χ3n) is 2.52. The van der Waals surface area contributed by atoms with E-state index in [-0.39, 0.29) is 5.82 Å². The molecule has 0 aliphatic rings. The van der Waals surface area contributed by atoms with Crippen molar-refractivity contribution in [3.05, 3.63) is 58.6 Å². The summed E-state index contributed by atoms with van der Waals surface area (Å²) in [7, 11) is 1.91. The van der Waals surface area contributed by atoms with Gasteiger partial charge in [-0.05, 0) is 25.2 Å². The average molecular weight is 266 g/mol. The number of aromatic nitrogens is 2. The van der Waals surface area contributed by atoms with Crippen molar-refractivity contribution >= 4 is 11.6 Å². The van der Waals surface area contributed by atoms with Crippen molar-refractivity contribution < 1.29 is 4.39 Å². The lowest BCUT2D eigenvalue weighted by molar-refractivity contribution is 0.308.